The number of hydrogen-bond donors (Lipinski definition) is 1. The Hall–Kier alpha value is 0.260. The molecule has 1 aromatic rings. The first-order valence-corrected chi connectivity index (χ1v) is 11.9. The molecule has 0 aliphatic carbocycles. The fourth-order valence-corrected chi connectivity index (χ4v) is 4.49. The molecule has 11 heteroatoms. The van der Waals surface area contributed by atoms with Crippen molar-refractivity contribution in [2.24, 2.45) is 0 Å². The van der Waals surface area contributed by atoms with Crippen molar-refractivity contribution in [3.8, 4) is 0 Å². The third-order valence-corrected chi connectivity index (χ3v) is 7.40. The van der Waals surface area contributed by atoms with Crippen LogP contribution < -0.4 is 0 Å². The highest BCUT2D eigenvalue weighted by atomic mass is 127. The Bertz CT molecular complexity index is 753. The summed E-state index contributed by atoms with van der Waals surface area (Å²) in [5, 5.41) is 0. The number of rotatable bonds is 8. The minimum absolute atomic E-state index is 0.0596. The van der Waals surface area contributed by atoms with Gasteiger partial charge in [-0.2, -0.15) is 8.42 Å². The molecule has 0 aromatic heterocycles. The zero-order chi connectivity index (χ0) is 19.2. The minimum atomic E-state index is -4.14. The van der Waals surface area contributed by atoms with E-state index in [4.69, 9.17) is 9.29 Å². The van der Waals surface area contributed by atoms with Gasteiger partial charge in [0.1, 0.15) is 12.4 Å². The molecule has 0 atom stereocenters. The topological polar surface area (TPSA) is 101 Å². The van der Waals surface area contributed by atoms with Crippen LogP contribution in [0.25, 0.3) is 0 Å². The SMILES string of the molecule is CN(CCCC(=O)OCCS(=O)(=O)O)C(=O)c1cc(I)cc(I)c1I. The molecule has 0 bridgehead atoms. The molecule has 0 fully saturated rings. The van der Waals surface area contributed by atoms with Gasteiger partial charge in [0.05, 0.1) is 5.56 Å². The van der Waals surface area contributed by atoms with Crippen LogP contribution in [0.1, 0.15) is 23.2 Å². The molecule has 0 radical (unpaired) electrons. The van der Waals surface area contributed by atoms with E-state index in [0.717, 1.165) is 10.7 Å². The predicted octanol–water partition coefficient (Wildman–Crippen LogP) is 2.78. The molecule has 1 rings (SSSR count). The Balaban J connectivity index is 2.48. The number of carbonyl (C=O) groups is 2. The van der Waals surface area contributed by atoms with Gasteiger partial charge in [0.2, 0.25) is 0 Å². The molecule has 0 heterocycles. The third kappa shape index (κ3) is 8.66. The lowest BCUT2D eigenvalue weighted by molar-refractivity contribution is -0.143. The first kappa shape index (κ1) is 23.3. The molecule has 0 spiro atoms. The summed E-state index contributed by atoms with van der Waals surface area (Å²) in [6.07, 6.45) is 0.453. The number of amides is 1. The van der Waals surface area contributed by atoms with Crippen LogP contribution >= 0.6 is 67.8 Å². The molecule has 140 valence electrons. The van der Waals surface area contributed by atoms with Crippen LogP contribution in [0, 0.1) is 10.7 Å². The second kappa shape index (κ2) is 10.6. The van der Waals surface area contributed by atoms with Gasteiger partial charge in [-0.25, -0.2) is 0 Å². The molecule has 0 saturated carbocycles. The number of carbonyl (C=O) groups excluding carboxylic acids is 2. The van der Waals surface area contributed by atoms with E-state index >= 15 is 0 Å². The number of halogens is 3. The monoisotopic (exact) mass is 707 g/mol. The lowest BCUT2D eigenvalue weighted by Crippen LogP contribution is -2.29. The fraction of sp³-hybridized carbons (Fsp3) is 0.429. The molecule has 1 amide bonds. The maximum Gasteiger partial charge on any atom is 0.305 e. The van der Waals surface area contributed by atoms with Crippen LogP contribution in [0.4, 0.5) is 0 Å². The summed E-state index contributed by atoms with van der Waals surface area (Å²) in [4.78, 5) is 25.6. The lowest BCUT2D eigenvalue weighted by Gasteiger charge is -2.18. The molecule has 1 N–H and O–H groups in total. The van der Waals surface area contributed by atoms with Gasteiger partial charge in [0.25, 0.3) is 16.0 Å². The summed E-state index contributed by atoms with van der Waals surface area (Å²) >= 11 is 6.48. The van der Waals surface area contributed by atoms with Gasteiger partial charge in [0.15, 0.2) is 0 Å². The van der Waals surface area contributed by atoms with Crippen LogP contribution in [0.5, 0.6) is 0 Å². The Morgan fingerprint density at radius 1 is 1.24 bits per heavy atom. The molecule has 0 aliphatic rings. The molecule has 7 nitrogen and oxygen atoms in total. The first-order valence-electron chi connectivity index (χ1n) is 7.02. The van der Waals surface area contributed by atoms with Crippen molar-refractivity contribution in [3.63, 3.8) is 0 Å². The fourth-order valence-electron chi connectivity index (χ4n) is 1.81. The highest BCUT2D eigenvalue weighted by Crippen LogP contribution is 2.23. The summed E-state index contributed by atoms with van der Waals surface area (Å²) in [6.45, 7) is -0.0180. The highest BCUT2D eigenvalue weighted by molar-refractivity contribution is 14.1. The molecule has 1 aromatic carbocycles. The summed E-state index contributed by atoms with van der Waals surface area (Å²) < 4.78 is 37.2. The average Bonchev–Trinajstić information content (AvgIpc) is 2.48. The van der Waals surface area contributed by atoms with E-state index < -0.39 is 21.8 Å². The third-order valence-electron chi connectivity index (χ3n) is 3.05. The number of benzene rings is 1. The quantitative estimate of drug-likeness (QED) is 0.193. The summed E-state index contributed by atoms with van der Waals surface area (Å²) in [6, 6.07) is 3.81. The second-order valence-electron chi connectivity index (χ2n) is 5.09. The van der Waals surface area contributed by atoms with E-state index in [1.165, 1.54) is 4.90 Å². The highest BCUT2D eigenvalue weighted by Gasteiger charge is 2.18. The zero-order valence-corrected chi connectivity index (χ0v) is 20.5. The maximum absolute atomic E-state index is 12.5. The van der Waals surface area contributed by atoms with Crippen LogP contribution in [0.3, 0.4) is 0 Å². The molecule has 0 aliphatic heterocycles. The van der Waals surface area contributed by atoms with Gasteiger partial charge in [0, 0.05) is 30.7 Å². The number of esters is 1. The second-order valence-corrected chi connectivity index (χ2v) is 10.1. The Morgan fingerprint density at radius 2 is 1.88 bits per heavy atom. The van der Waals surface area contributed by atoms with E-state index in [1.807, 2.05) is 12.1 Å². The van der Waals surface area contributed by atoms with Crippen LogP contribution in [0.15, 0.2) is 12.1 Å². The zero-order valence-electron chi connectivity index (χ0n) is 13.2. The molecule has 0 unspecified atom stereocenters. The van der Waals surface area contributed by atoms with E-state index in [0.29, 0.717) is 18.5 Å². The largest absolute Gasteiger partial charge is 0.464 e. The normalized spacial score (nSPS) is 11.2. The van der Waals surface area contributed by atoms with Gasteiger partial charge < -0.3 is 9.64 Å². The summed E-state index contributed by atoms with van der Waals surface area (Å²) in [5.74, 6) is -1.32. The Morgan fingerprint density at radius 3 is 2.48 bits per heavy atom. The molecule has 0 saturated heterocycles. The summed E-state index contributed by atoms with van der Waals surface area (Å²) in [7, 11) is -2.48. The smallest absolute Gasteiger partial charge is 0.305 e. The molecular formula is C14H16I3NO6S. The number of hydrogen-bond acceptors (Lipinski definition) is 5. The number of ether oxygens (including phenoxy) is 1. The average molecular weight is 707 g/mol. The van der Waals surface area contributed by atoms with Crippen molar-refractivity contribution in [2.75, 3.05) is 26.0 Å². The van der Waals surface area contributed by atoms with E-state index in [-0.39, 0.29) is 18.9 Å². The van der Waals surface area contributed by atoms with E-state index in [1.54, 1.807) is 7.05 Å². The van der Waals surface area contributed by atoms with Crippen LogP contribution in [-0.2, 0) is 19.6 Å². The van der Waals surface area contributed by atoms with Crippen molar-refractivity contribution >= 4 is 89.8 Å². The standard InChI is InChI=1S/C14H16I3NO6S/c1-18(4-2-3-12(19)24-5-6-25(21,22)23)14(20)10-7-9(15)8-11(16)13(10)17/h7-8H,2-6H2,1H3,(H,21,22,23). The maximum atomic E-state index is 12.5. The summed E-state index contributed by atoms with van der Waals surface area (Å²) in [5.41, 5.74) is 0.620. The van der Waals surface area contributed by atoms with Gasteiger partial charge >= 0.3 is 5.97 Å². The lowest BCUT2D eigenvalue weighted by atomic mass is 10.2. The van der Waals surface area contributed by atoms with Crippen molar-refractivity contribution < 1.29 is 27.3 Å². The Labute approximate surface area is 187 Å². The minimum Gasteiger partial charge on any atom is -0.464 e. The van der Waals surface area contributed by atoms with Crippen molar-refractivity contribution in [2.45, 2.75) is 12.8 Å². The number of nitrogens with zero attached hydrogens (tertiary/aromatic N) is 1. The van der Waals surface area contributed by atoms with E-state index in [9.17, 15) is 18.0 Å². The van der Waals surface area contributed by atoms with Gasteiger partial charge in [-0.05, 0) is 86.3 Å². The Kier molecular flexibility index (Phi) is 9.84. The molecule has 25 heavy (non-hydrogen) atoms. The van der Waals surface area contributed by atoms with Gasteiger partial charge in [-0.15, -0.1) is 0 Å². The van der Waals surface area contributed by atoms with Gasteiger partial charge in [-0.1, -0.05) is 0 Å². The van der Waals surface area contributed by atoms with Crippen LogP contribution in [-0.4, -0.2) is 55.7 Å². The van der Waals surface area contributed by atoms with Gasteiger partial charge in [-0.3, -0.25) is 14.1 Å². The first-order chi connectivity index (χ1) is 11.5. The van der Waals surface area contributed by atoms with Crippen LogP contribution in [0.2, 0.25) is 0 Å². The predicted molar refractivity (Wildman–Crippen MR) is 118 cm³/mol. The van der Waals surface area contributed by atoms with Crippen molar-refractivity contribution in [1.29, 1.82) is 0 Å². The molecular weight excluding hydrogens is 691 g/mol. The van der Waals surface area contributed by atoms with Crippen molar-refractivity contribution in [3.05, 3.63) is 28.4 Å². The van der Waals surface area contributed by atoms with Crippen molar-refractivity contribution in [1.82, 2.24) is 4.90 Å². The van der Waals surface area contributed by atoms with E-state index in [2.05, 4.69) is 67.8 Å².